The van der Waals surface area contributed by atoms with Crippen LogP contribution in [0.3, 0.4) is 0 Å². The molecule has 1 aliphatic heterocycles. The Kier molecular flexibility index (Phi) is 3.63. The van der Waals surface area contributed by atoms with Gasteiger partial charge >= 0.3 is 0 Å². The van der Waals surface area contributed by atoms with Crippen LogP contribution in [0.1, 0.15) is 24.2 Å². The van der Waals surface area contributed by atoms with E-state index in [1.807, 2.05) is 0 Å². The zero-order chi connectivity index (χ0) is 14.9. The highest BCUT2D eigenvalue weighted by Crippen LogP contribution is 2.25. The first kappa shape index (κ1) is 14.3. The van der Waals surface area contributed by atoms with Crippen LogP contribution in [0.15, 0.2) is 18.3 Å². The van der Waals surface area contributed by atoms with Crippen LogP contribution in [-0.2, 0) is 4.79 Å². The van der Waals surface area contributed by atoms with Crippen molar-refractivity contribution in [3.05, 3.63) is 23.9 Å². The molecule has 3 N–H and O–H groups in total. The zero-order valence-electron chi connectivity index (χ0n) is 11.9. The molecule has 2 rings (SSSR count). The second kappa shape index (κ2) is 5.09. The molecule has 20 heavy (non-hydrogen) atoms. The molecule has 0 aromatic carbocycles. The molecule has 0 spiro atoms. The van der Waals surface area contributed by atoms with E-state index in [0.29, 0.717) is 24.5 Å². The minimum absolute atomic E-state index is 0.0803. The Morgan fingerprint density at radius 2 is 2.15 bits per heavy atom. The van der Waals surface area contributed by atoms with Crippen LogP contribution in [0, 0.1) is 0 Å². The van der Waals surface area contributed by atoms with Crippen molar-refractivity contribution in [3.63, 3.8) is 0 Å². The minimum Gasteiger partial charge on any atom is -0.342 e. The molecule has 7 nitrogen and oxygen atoms in total. The number of carbonyl (C=O) groups excluding carboxylic acids is 2. The minimum atomic E-state index is -0.883. The molecule has 0 aliphatic carbocycles. The third kappa shape index (κ3) is 2.20. The number of nitrogens with two attached hydrogens (primary N) is 1. The Hall–Kier alpha value is -2.15. The largest absolute Gasteiger partial charge is 0.342 e. The summed E-state index contributed by atoms with van der Waals surface area (Å²) in [7, 11) is 1.74. The number of likely N-dealkylation sites (N-methyl/N-ethyl adjacent to an activating group) is 1. The van der Waals surface area contributed by atoms with Crippen LogP contribution in [0.4, 0.5) is 5.82 Å². The van der Waals surface area contributed by atoms with E-state index in [1.54, 1.807) is 49.0 Å². The third-order valence-corrected chi connectivity index (χ3v) is 3.62. The fourth-order valence-corrected chi connectivity index (χ4v) is 2.41. The quantitative estimate of drug-likeness (QED) is 0.589. The van der Waals surface area contributed by atoms with Crippen LogP contribution < -0.4 is 11.3 Å². The number of hydrogen-bond donors (Lipinski definition) is 2. The highest BCUT2D eigenvalue weighted by Gasteiger charge is 2.43. The van der Waals surface area contributed by atoms with Crippen LogP contribution in [0.5, 0.6) is 0 Å². The van der Waals surface area contributed by atoms with Gasteiger partial charge in [-0.15, -0.1) is 0 Å². The molecule has 108 valence electrons. The van der Waals surface area contributed by atoms with Crippen molar-refractivity contribution >= 4 is 17.6 Å². The highest BCUT2D eigenvalue weighted by molar-refractivity contribution is 6.02. The number of nitrogens with zero attached hydrogens (tertiary/aromatic N) is 3. The third-order valence-electron chi connectivity index (χ3n) is 3.62. The lowest BCUT2D eigenvalue weighted by molar-refractivity contribution is -0.144. The molecule has 7 heteroatoms. The summed E-state index contributed by atoms with van der Waals surface area (Å²) in [5.74, 6) is 5.35. The van der Waals surface area contributed by atoms with Gasteiger partial charge in [-0.3, -0.25) is 9.59 Å². The predicted octanol–water partition coefficient (Wildman–Crippen LogP) is 0.0600. The molecular formula is C13H19N5O2. The molecule has 2 heterocycles. The molecule has 1 fully saturated rings. The van der Waals surface area contributed by atoms with E-state index in [0.717, 1.165) is 0 Å². The molecule has 1 saturated heterocycles. The van der Waals surface area contributed by atoms with E-state index in [1.165, 1.54) is 0 Å². The maximum Gasteiger partial charge on any atom is 0.258 e. The number of piperazine rings is 1. The molecular weight excluding hydrogens is 258 g/mol. The van der Waals surface area contributed by atoms with Crippen molar-refractivity contribution in [1.82, 2.24) is 14.8 Å². The first-order valence-corrected chi connectivity index (χ1v) is 6.38. The van der Waals surface area contributed by atoms with Crippen molar-refractivity contribution in [1.29, 1.82) is 0 Å². The number of amides is 2. The number of nitrogen functional groups attached to an aromatic ring is 1. The molecule has 2 amide bonds. The molecule has 1 aliphatic rings. The molecule has 1 aromatic heterocycles. The van der Waals surface area contributed by atoms with E-state index in [4.69, 9.17) is 5.84 Å². The van der Waals surface area contributed by atoms with E-state index < -0.39 is 5.54 Å². The van der Waals surface area contributed by atoms with Crippen LogP contribution >= 0.6 is 0 Å². The van der Waals surface area contributed by atoms with Gasteiger partial charge in [-0.2, -0.15) is 0 Å². The summed E-state index contributed by atoms with van der Waals surface area (Å²) >= 11 is 0. The molecule has 0 radical (unpaired) electrons. The Labute approximate surface area is 117 Å². The molecule has 0 atom stereocenters. The van der Waals surface area contributed by atoms with Gasteiger partial charge < -0.3 is 15.2 Å². The predicted molar refractivity (Wildman–Crippen MR) is 74.8 cm³/mol. The van der Waals surface area contributed by atoms with Gasteiger partial charge in [-0.05, 0) is 26.0 Å². The monoisotopic (exact) mass is 277 g/mol. The normalized spacial score (nSPS) is 18.1. The second-order valence-electron chi connectivity index (χ2n) is 5.29. The Morgan fingerprint density at radius 3 is 2.80 bits per heavy atom. The summed E-state index contributed by atoms with van der Waals surface area (Å²) in [6, 6.07) is 3.31. The maximum atomic E-state index is 12.7. The Balaban J connectivity index is 2.36. The molecule has 0 saturated carbocycles. The fourth-order valence-electron chi connectivity index (χ4n) is 2.41. The smallest absolute Gasteiger partial charge is 0.258 e. The second-order valence-corrected chi connectivity index (χ2v) is 5.29. The van der Waals surface area contributed by atoms with E-state index in [2.05, 4.69) is 10.4 Å². The van der Waals surface area contributed by atoms with Gasteiger partial charge in [0.05, 0.1) is 5.56 Å². The maximum absolute atomic E-state index is 12.7. The van der Waals surface area contributed by atoms with E-state index in [-0.39, 0.29) is 11.8 Å². The number of rotatable bonds is 2. The van der Waals surface area contributed by atoms with Gasteiger partial charge in [-0.1, -0.05) is 0 Å². The number of carbonyl (C=O) groups is 2. The van der Waals surface area contributed by atoms with Crippen molar-refractivity contribution in [2.75, 3.05) is 25.6 Å². The number of anilines is 1. The summed E-state index contributed by atoms with van der Waals surface area (Å²) in [6.45, 7) is 4.48. The summed E-state index contributed by atoms with van der Waals surface area (Å²) < 4.78 is 0. The average Bonchev–Trinajstić information content (AvgIpc) is 2.44. The van der Waals surface area contributed by atoms with Crippen molar-refractivity contribution < 1.29 is 9.59 Å². The van der Waals surface area contributed by atoms with Crippen molar-refractivity contribution in [3.8, 4) is 0 Å². The topological polar surface area (TPSA) is 91.6 Å². The zero-order valence-corrected chi connectivity index (χ0v) is 11.9. The molecule has 0 unspecified atom stereocenters. The van der Waals surface area contributed by atoms with Crippen LogP contribution in [0.2, 0.25) is 0 Å². The molecule has 0 bridgehead atoms. The van der Waals surface area contributed by atoms with Crippen molar-refractivity contribution in [2.24, 2.45) is 5.84 Å². The summed E-state index contributed by atoms with van der Waals surface area (Å²) in [6.07, 6.45) is 1.55. The standard InChI is InChI=1S/C13H19N5O2/c1-13(2)12(20)17(3)7-8-18(13)11(19)9-5-4-6-15-10(9)16-14/h4-6H,7-8,14H2,1-3H3,(H,15,16). The number of hydrazine groups is 1. The summed E-state index contributed by atoms with van der Waals surface area (Å²) in [5, 5.41) is 0. The SMILES string of the molecule is CN1CCN(C(=O)c2cccnc2NN)C(C)(C)C1=O. The number of aromatic nitrogens is 1. The van der Waals surface area contributed by atoms with Gasteiger partial charge in [0.2, 0.25) is 5.91 Å². The lowest BCUT2D eigenvalue weighted by Crippen LogP contribution is -2.63. The number of pyridine rings is 1. The number of nitrogens with one attached hydrogen (secondary N) is 1. The van der Waals surface area contributed by atoms with Gasteiger partial charge in [0, 0.05) is 26.3 Å². The highest BCUT2D eigenvalue weighted by atomic mass is 16.2. The Bertz CT molecular complexity index is 543. The van der Waals surface area contributed by atoms with Gasteiger partial charge in [0.25, 0.3) is 5.91 Å². The first-order chi connectivity index (χ1) is 9.39. The lowest BCUT2D eigenvalue weighted by atomic mass is 9.96. The van der Waals surface area contributed by atoms with Gasteiger partial charge in [0.15, 0.2) is 5.82 Å². The first-order valence-electron chi connectivity index (χ1n) is 6.38. The van der Waals surface area contributed by atoms with E-state index in [9.17, 15) is 9.59 Å². The summed E-state index contributed by atoms with van der Waals surface area (Å²) in [5.41, 5.74) is 1.89. The van der Waals surface area contributed by atoms with Crippen LogP contribution in [-0.4, -0.2) is 52.3 Å². The number of hydrogen-bond acceptors (Lipinski definition) is 5. The average molecular weight is 277 g/mol. The molecule has 1 aromatic rings. The summed E-state index contributed by atoms with van der Waals surface area (Å²) in [4.78, 5) is 32.1. The van der Waals surface area contributed by atoms with Gasteiger partial charge in [0.1, 0.15) is 5.54 Å². The van der Waals surface area contributed by atoms with Gasteiger partial charge in [-0.25, -0.2) is 10.8 Å². The van der Waals surface area contributed by atoms with E-state index >= 15 is 0 Å². The van der Waals surface area contributed by atoms with Crippen LogP contribution in [0.25, 0.3) is 0 Å². The fraction of sp³-hybridized carbons (Fsp3) is 0.462. The van der Waals surface area contributed by atoms with Crippen molar-refractivity contribution in [2.45, 2.75) is 19.4 Å². The lowest BCUT2D eigenvalue weighted by Gasteiger charge is -2.44. The Morgan fingerprint density at radius 1 is 1.45 bits per heavy atom.